The van der Waals surface area contributed by atoms with Gasteiger partial charge in [-0.1, -0.05) is 56.6 Å². The van der Waals surface area contributed by atoms with Gasteiger partial charge in [0.2, 0.25) is 47.3 Å². The Morgan fingerprint density at radius 2 is 1.61 bits per heavy atom. The third kappa shape index (κ3) is 12.9. The molecule has 0 aliphatic carbocycles. The minimum absolute atomic E-state index is 0.0245. The molecule has 0 bridgehead atoms. The van der Waals surface area contributed by atoms with Crippen molar-refractivity contribution in [1.82, 2.24) is 51.6 Å². The number of carbonyl (C=O) groups is 8. The van der Waals surface area contributed by atoms with E-state index in [4.69, 9.17) is 27.1 Å². The van der Waals surface area contributed by atoms with Crippen molar-refractivity contribution in [2.24, 2.45) is 16.1 Å². The fourth-order valence-electron chi connectivity index (χ4n) is 8.87. The number of aliphatic imine (C=N–C) groups is 1. The van der Waals surface area contributed by atoms with Crippen molar-refractivity contribution in [1.29, 1.82) is 0 Å². The number of hydrogen-bond acceptors (Lipinski definition) is 14. The van der Waals surface area contributed by atoms with Crippen LogP contribution < -0.4 is 42.4 Å². The van der Waals surface area contributed by atoms with E-state index in [9.17, 15) is 38.4 Å². The molecule has 2 saturated heterocycles. The number of carbonyl (C=O) groups excluding carboxylic acids is 8. The number of hydrogen-bond donors (Lipinski definition) is 7. The van der Waals surface area contributed by atoms with Crippen molar-refractivity contribution in [3.05, 3.63) is 92.3 Å². The molecule has 1 unspecified atom stereocenters. The minimum atomic E-state index is -1.54. The van der Waals surface area contributed by atoms with Gasteiger partial charge in [0.05, 0.1) is 31.5 Å². The van der Waals surface area contributed by atoms with Crippen LogP contribution in [-0.4, -0.2) is 141 Å². The molecular weight excluding hydrogens is 1010 g/mol. The van der Waals surface area contributed by atoms with Crippen molar-refractivity contribution in [3.63, 3.8) is 0 Å². The molecule has 3 aliphatic heterocycles. The van der Waals surface area contributed by atoms with Crippen molar-refractivity contribution in [2.45, 2.75) is 103 Å². The monoisotopic (exact) mass is 1070 g/mol. The normalized spacial score (nSPS) is 22.5. The Morgan fingerprint density at radius 1 is 0.892 bits per heavy atom. The zero-order valence-electron chi connectivity index (χ0n) is 42.1. The summed E-state index contributed by atoms with van der Waals surface area (Å²) in [4.78, 5) is 118. The molecule has 8 N–H and O–H groups in total. The number of nitrogens with zero attached hydrogens (tertiary/aromatic N) is 5. The molecular formula is C50H61ClN12O9S2. The molecule has 6 atom stereocenters. The number of benzene rings is 2. The Balaban J connectivity index is 1.15. The fraction of sp³-hybridized carbons (Fsp3) is 0.460. The number of thiophene rings is 1. The van der Waals surface area contributed by atoms with E-state index in [-0.39, 0.29) is 30.9 Å². The first-order valence-corrected chi connectivity index (χ1v) is 26.4. The molecule has 3 aliphatic rings. The van der Waals surface area contributed by atoms with Crippen molar-refractivity contribution < 1.29 is 43.1 Å². The number of rotatable bonds is 9. The number of nitrogens with one attached hydrogen (secondary N) is 6. The molecule has 0 saturated carbocycles. The lowest BCUT2D eigenvalue weighted by atomic mass is 9.85. The molecule has 4 aromatic rings. The van der Waals surface area contributed by atoms with Crippen molar-refractivity contribution >= 4 is 87.7 Å². The van der Waals surface area contributed by atoms with E-state index in [0.29, 0.717) is 46.5 Å². The maximum atomic E-state index is 14.2. The van der Waals surface area contributed by atoms with Crippen LogP contribution in [0.5, 0.6) is 5.75 Å². The number of methoxy groups -OCH3 is 1. The quantitative estimate of drug-likeness (QED) is 0.127. The first kappa shape index (κ1) is 54.9. The van der Waals surface area contributed by atoms with Gasteiger partial charge in [0, 0.05) is 46.3 Å². The lowest BCUT2D eigenvalue weighted by Gasteiger charge is -2.35. The lowest BCUT2D eigenvalue weighted by Crippen LogP contribution is -2.59. The van der Waals surface area contributed by atoms with Gasteiger partial charge in [0.1, 0.15) is 52.8 Å². The van der Waals surface area contributed by atoms with Crippen LogP contribution in [0.15, 0.2) is 53.5 Å². The Morgan fingerprint density at radius 3 is 2.28 bits per heavy atom. The number of halogens is 1. The highest BCUT2D eigenvalue weighted by Crippen LogP contribution is 2.39. The zero-order valence-corrected chi connectivity index (χ0v) is 44.5. The van der Waals surface area contributed by atoms with Crippen LogP contribution >= 0.6 is 34.7 Å². The van der Waals surface area contributed by atoms with Crippen LogP contribution in [-0.2, 0) is 44.8 Å². The second kappa shape index (κ2) is 23.6. The Labute approximate surface area is 441 Å². The van der Waals surface area contributed by atoms with E-state index >= 15 is 0 Å². The van der Waals surface area contributed by atoms with E-state index in [1.807, 2.05) is 30.5 Å². The Bertz CT molecular complexity index is 2850. The fourth-order valence-corrected chi connectivity index (χ4v) is 11.1. The maximum Gasteiger partial charge on any atom is 0.246 e. The van der Waals surface area contributed by atoms with E-state index in [1.165, 1.54) is 12.0 Å². The van der Waals surface area contributed by atoms with E-state index in [1.54, 1.807) is 75.4 Å². The number of thioether (sulfide) groups is 1. The molecule has 2 aromatic heterocycles. The van der Waals surface area contributed by atoms with E-state index in [0.717, 1.165) is 38.3 Å². The lowest BCUT2D eigenvalue weighted by molar-refractivity contribution is -0.144. The molecule has 21 nitrogen and oxygen atoms in total. The molecule has 2 aromatic carbocycles. The maximum absolute atomic E-state index is 14.2. The summed E-state index contributed by atoms with van der Waals surface area (Å²) in [6.45, 7) is 10.2. The van der Waals surface area contributed by atoms with Gasteiger partial charge in [-0.2, -0.15) is 0 Å². The van der Waals surface area contributed by atoms with Gasteiger partial charge >= 0.3 is 0 Å². The summed E-state index contributed by atoms with van der Waals surface area (Å²) in [5.41, 5.74) is 8.79. The van der Waals surface area contributed by atoms with Gasteiger partial charge in [-0.3, -0.25) is 47.9 Å². The predicted octanol–water partition coefficient (Wildman–Crippen LogP) is 1.88. The molecule has 2 fully saturated rings. The summed E-state index contributed by atoms with van der Waals surface area (Å²) in [7, 11) is 1.51. The smallest absolute Gasteiger partial charge is 0.246 e. The van der Waals surface area contributed by atoms with Crippen molar-refractivity contribution in [3.8, 4) is 10.8 Å². The number of nitrogens with two attached hydrogens (primary N) is 1. The molecule has 0 spiro atoms. The van der Waals surface area contributed by atoms with Gasteiger partial charge in [0.15, 0.2) is 5.82 Å². The topological polar surface area (TPSA) is 290 Å². The predicted molar refractivity (Wildman–Crippen MR) is 279 cm³/mol. The standard InChI is InChI=1S/C50H61ClN12O9S2/c1-25-26(2)74-49-40(25)41(29-12-14-30(51)15-13-29)56-32(44-61-60-27(3)63(44)49)20-37(64)53-21-34-46(69)58-35(43(52)67)23-73-24-39(66)59-42(50(4,5)6)48(71)62-18-8-9-36(62)47(70)57-33(45(68)54-22-38(65)55-34)19-28-10-16-31(72-7)17-11-28/h10-17,32-36,42H,8-9,18-24H2,1-7H3,(H2,52,67)(H,53,64)(H,54,68)(H,55,65)(H,57,70)(H,58,69)(H,59,66)/t32-,33-,34+,35+,36-,42?/m0/s1. The molecule has 74 heavy (non-hydrogen) atoms. The van der Waals surface area contributed by atoms with Gasteiger partial charge in [-0.25, -0.2) is 0 Å². The molecule has 8 amide bonds. The van der Waals surface area contributed by atoms with Gasteiger partial charge in [-0.15, -0.1) is 33.3 Å². The second-order valence-electron chi connectivity index (χ2n) is 19.4. The molecule has 0 radical (unpaired) electrons. The minimum Gasteiger partial charge on any atom is -0.497 e. The highest BCUT2D eigenvalue weighted by Gasteiger charge is 2.43. The summed E-state index contributed by atoms with van der Waals surface area (Å²) in [5.74, 6) is -4.61. The van der Waals surface area contributed by atoms with Gasteiger partial charge < -0.3 is 47.3 Å². The number of fused-ring (bicyclic) bond motifs is 4. The van der Waals surface area contributed by atoms with Crippen LogP contribution in [0.25, 0.3) is 5.00 Å². The van der Waals surface area contributed by atoms with Crippen LogP contribution in [0.2, 0.25) is 5.02 Å². The van der Waals surface area contributed by atoms with Crippen molar-refractivity contribution in [2.75, 3.05) is 38.2 Å². The summed E-state index contributed by atoms with van der Waals surface area (Å²) in [6.07, 6.45) is 0.480. The highest BCUT2D eigenvalue weighted by molar-refractivity contribution is 8.00. The van der Waals surface area contributed by atoms with Crippen LogP contribution in [0, 0.1) is 26.2 Å². The summed E-state index contributed by atoms with van der Waals surface area (Å²) in [6, 6.07) is 6.94. The SMILES string of the molecule is COc1ccc(C[C@@H]2NC(=O)[C@@H]3CCCN3C(=O)C(C(C)(C)C)NC(=O)CSC[C@H](C(N)=O)NC(=O)[C@@H](CNC(=O)C[C@@H]3N=C(c4ccc(Cl)cc4)c4c(sc(C)c4C)-n4c(C)nnc43)NC(=O)CNC2=O)cc1. The summed E-state index contributed by atoms with van der Waals surface area (Å²) >= 11 is 8.79. The van der Waals surface area contributed by atoms with Gasteiger partial charge in [-0.05, 0) is 74.4 Å². The average molecular weight is 1070 g/mol. The zero-order chi connectivity index (χ0) is 53.6. The molecule has 5 heterocycles. The van der Waals surface area contributed by atoms with Crippen LogP contribution in [0.4, 0.5) is 0 Å². The number of ether oxygens (including phenoxy) is 1. The molecule has 24 heteroatoms. The van der Waals surface area contributed by atoms with E-state index < -0.39 is 102 Å². The third-order valence-electron chi connectivity index (χ3n) is 13.0. The largest absolute Gasteiger partial charge is 0.497 e. The first-order chi connectivity index (χ1) is 35.1. The summed E-state index contributed by atoms with van der Waals surface area (Å²) in [5, 5.41) is 26.2. The average Bonchev–Trinajstić information content (AvgIpc) is 4.06. The highest BCUT2D eigenvalue weighted by atomic mass is 35.5. The van der Waals surface area contributed by atoms with Crippen LogP contribution in [0.1, 0.15) is 84.9 Å². The first-order valence-electron chi connectivity index (χ1n) is 24.0. The molecule has 7 rings (SSSR count). The van der Waals surface area contributed by atoms with Gasteiger partial charge in [0.25, 0.3) is 0 Å². The molecule has 394 valence electrons. The third-order valence-corrected chi connectivity index (χ3v) is 15.5. The number of aryl methyl sites for hydroxylation is 2. The summed E-state index contributed by atoms with van der Waals surface area (Å²) < 4.78 is 7.17. The Hall–Kier alpha value is -6.85. The van der Waals surface area contributed by atoms with Crippen LogP contribution in [0.3, 0.4) is 0 Å². The number of primary amides is 1. The Kier molecular flexibility index (Phi) is 17.5. The van der Waals surface area contributed by atoms with E-state index in [2.05, 4.69) is 42.1 Å². The number of amides is 8. The number of aromatic nitrogens is 3. The second-order valence-corrected chi connectivity index (χ2v) is 22.1.